The van der Waals surface area contributed by atoms with Crippen LogP contribution in [0, 0.1) is 0 Å². The third-order valence-electron chi connectivity index (χ3n) is 3.20. The summed E-state index contributed by atoms with van der Waals surface area (Å²) in [5, 5.41) is 13.6. The molecule has 0 aromatic carbocycles. The lowest BCUT2D eigenvalue weighted by atomic mass is 10.3. The molecular weight excluding hydrogens is 320 g/mol. The van der Waals surface area contributed by atoms with Crippen molar-refractivity contribution in [3.05, 3.63) is 16.1 Å². The van der Waals surface area contributed by atoms with Crippen LogP contribution in [0.1, 0.15) is 21.9 Å². The quantitative estimate of drug-likeness (QED) is 0.345. The summed E-state index contributed by atoms with van der Waals surface area (Å²) in [6.07, 6.45) is 0.921. The van der Waals surface area contributed by atoms with Gasteiger partial charge in [-0.1, -0.05) is 0 Å². The number of amides is 3. The predicted molar refractivity (Wildman–Crippen MR) is 84.8 cm³/mol. The Morgan fingerprint density at radius 1 is 1.30 bits per heavy atom. The van der Waals surface area contributed by atoms with Gasteiger partial charge in [-0.2, -0.15) is 0 Å². The Kier molecular flexibility index (Phi) is 6.44. The van der Waals surface area contributed by atoms with Crippen LogP contribution in [0.2, 0.25) is 0 Å². The number of thiazole rings is 1. The summed E-state index contributed by atoms with van der Waals surface area (Å²) < 4.78 is 0. The normalized spacial score (nSPS) is 14.6. The number of nitrogens with one attached hydrogen (secondary N) is 4. The molecule has 0 radical (unpaired) electrons. The molecule has 0 bridgehead atoms. The topological polar surface area (TPSA) is 138 Å². The number of primary amides is 1. The molecule has 1 saturated heterocycles. The van der Waals surface area contributed by atoms with Crippen molar-refractivity contribution in [1.29, 1.82) is 0 Å². The van der Waals surface area contributed by atoms with Crippen LogP contribution in [0.5, 0.6) is 0 Å². The molecule has 0 aliphatic carbocycles. The van der Waals surface area contributed by atoms with E-state index < -0.39 is 12.1 Å². The molecule has 2 rings (SSSR count). The molecule has 1 aliphatic heterocycles. The highest BCUT2D eigenvalue weighted by atomic mass is 32.1. The molecule has 6 N–H and O–H groups in total. The molecule has 2 heterocycles. The van der Waals surface area contributed by atoms with Crippen molar-refractivity contribution in [2.45, 2.75) is 19.0 Å². The van der Waals surface area contributed by atoms with Gasteiger partial charge in [0.05, 0.1) is 11.6 Å². The van der Waals surface area contributed by atoms with Crippen molar-refractivity contribution in [3.63, 3.8) is 0 Å². The van der Waals surface area contributed by atoms with Gasteiger partial charge in [-0.3, -0.25) is 25.0 Å². The van der Waals surface area contributed by atoms with E-state index in [1.54, 1.807) is 5.38 Å². The van der Waals surface area contributed by atoms with E-state index in [0.717, 1.165) is 18.1 Å². The summed E-state index contributed by atoms with van der Waals surface area (Å²) in [5.41, 5.74) is 5.40. The van der Waals surface area contributed by atoms with Crippen molar-refractivity contribution in [1.82, 2.24) is 26.3 Å². The Hall–Kier alpha value is -2.04. The van der Waals surface area contributed by atoms with Crippen LogP contribution in [0.4, 0.5) is 0 Å². The number of aryl methyl sites for hydroxylation is 1. The summed E-state index contributed by atoms with van der Waals surface area (Å²) >= 11 is 1.37. The van der Waals surface area contributed by atoms with E-state index in [9.17, 15) is 14.4 Å². The zero-order valence-electron chi connectivity index (χ0n) is 12.6. The molecule has 1 fully saturated rings. The molecule has 1 aromatic rings. The maximum atomic E-state index is 11.7. The zero-order valence-corrected chi connectivity index (χ0v) is 13.4. The summed E-state index contributed by atoms with van der Waals surface area (Å²) in [6, 6.07) is 0. The van der Waals surface area contributed by atoms with E-state index in [1.165, 1.54) is 11.3 Å². The largest absolute Gasteiger partial charge is 0.364 e. The highest BCUT2D eigenvalue weighted by Crippen LogP contribution is 2.10. The Balaban J connectivity index is 1.57. The van der Waals surface area contributed by atoms with Crippen LogP contribution < -0.4 is 27.0 Å². The summed E-state index contributed by atoms with van der Waals surface area (Å²) in [7, 11) is 0. The fraction of sp³-hybridized carbons (Fsp3) is 0.538. The molecular formula is C13H20N6O3S. The average molecular weight is 340 g/mol. The second-order valence-corrected chi connectivity index (χ2v) is 5.95. The summed E-state index contributed by atoms with van der Waals surface area (Å²) in [5.74, 6) is -1.02. The number of rotatable bonds is 8. The first-order chi connectivity index (χ1) is 11.1. The molecule has 0 atom stereocenters. The van der Waals surface area contributed by atoms with Gasteiger partial charge in [0, 0.05) is 31.4 Å². The molecule has 23 heavy (non-hydrogen) atoms. The van der Waals surface area contributed by atoms with E-state index in [0.29, 0.717) is 19.4 Å². The number of hydrogen-bond acceptors (Lipinski definition) is 7. The minimum absolute atomic E-state index is 0.0538. The maximum absolute atomic E-state index is 11.7. The van der Waals surface area contributed by atoms with Gasteiger partial charge in [-0.25, -0.2) is 4.98 Å². The molecule has 0 saturated carbocycles. The maximum Gasteiger partial charge on any atom is 0.268 e. The first-order valence-corrected chi connectivity index (χ1v) is 8.19. The molecule has 126 valence electrons. The SMILES string of the molecule is NC(=O)c1csc(CCCNC(=O)CNC(=O)C2NCCN2)n1. The molecule has 10 heteroatoms. The number of nitrogens with zero attached hydrogens (tertiary/aromatic N) is 1. The van der Waals surface area contributed by atoms with Gasteiger partial charge < -0.3 is 16.4 Å². The van der Waals surface area contributed by atoms with Crippen molar-refractivity contribution >= 4 is 29.1 Å². The molecule has 3 amide bonds. The van der Waals surface area contributed by atoms with Gasteiger partial charge in [0.2, 0.25) is 5.91 Å². The Labute approximate surface area is 137 Å². The minimum Gasteiger partial charge on any atom is -0.364 e. The lowest BCUT2D eigenvalue weighted by Gasteiger charge is -2.11. The first kappa shape index (κ1) is 17.3. The van der Waals surface area contributed by atoms with Crippen LogP contribution in [-0.2, 0) is 16.0 Å². The van der Waals surface area contributed by atoms with Gasteiger partial charge in [-0.15, -0.1) is 11.3 Å². The van der Waals surface area contributed by atoms with Gasteiger partial charge in [0.1, 0.15) is 11.9 Å². The lowest BCUT2D eigenvalue weighted by molar-refractivity contribution is -0.127. The highest BCUT2D eigenvalue weighted by molar-refractivity contribution is 7.09. The summed E-state index contributed by atoms with van der Waals surface area (Å²) in [6.45, 7) is 1.89. The average Bonchev–Trinajstić information content (AvgIpc) is 3.20. The Morgan fingerprint density at radius 3 is 2.70 bits per heavy atom. The van der Waals surface area contributed by atoms with Crippen molar-refractivity contribution in [2.24, 2.45) is 5.73 Å². The number of carbonyl (C=O) groups excluding carboxylic acids is 3. The second-order valence-electron chi connectivity index (χ2n) is 5.00. The van der Waals surface area contributed by atoms with Crippen molar-refractivity contribution in [2.75, 3.05) is 26.2 Å². The van der Waals surface area contributed by atoms with E-state index in [-0.39, 0.29) is 24.1 Å². The van der Waals surface area contributed by atoms with E-state index in [4.69, 9.17) is 5.73 Å². The standard InChI is InChI=1S/C13H20N6O3S/c14-11(21)8-7-23-10(19-8)2-1-3-15-9(20)6-18-13(22)12-16-4-5-17-12/h7,12,16-17H,1-6H2,(H2,14,21)(H,15,20)(H,18,22). The highest BCUT2D eigenvalue weighted by Gasteiger charge is 2.21. The van der Waals surface area contributed by atoms with Crippen molar-refractivity contribution in [3.8, 4) is 0 Å². The lowest BCUT2D eigenvalue weighted by Crippen LogP contribution is -2.49. The third-order valence-corrected chi connectivity index (χ3v) is 4.11. The first-order valence-electron chi connectivity index (χ1n) is 7.31. The smallest absolute Gasteiger partial charge is 0.268 e. The van der Waals surface area contributed by atoms with Crippen LogP contribution in [0.25, 0.3) is 0 Å². The van der Waals surface area contributed by atoms with E-state index in [1.807, 2.05) is 0 Å². The van der Waals surface area contributed by atoms with Gasteiger partial charge >= 0.3 is 0 Å². The molecule has 1 aromatic heterocycles. The predicted octanol–water partition coefficient (Wildman–Crippen LogP) is -2.07. The monoisotopic (exact) mass is 340 g/mol. The Morgan fingerprint density at radius 2 is 2.04 bits per heavy atom. The van der Waals surface area contributed by atoms with Crippen LogP contribution in [0.15, 0.2) is 5.38 Å². The Bertz CT molecular complexity index is 570. The number of hydrogen-bond donors (Lipinski definition) is 5. The number of aromatic nitrogens is 1. The second kappa shape index (κ2) is 8.56. The number of carbonyl (C=O) groups is 3. The minimum atomic E-state index is -0.539. The number of nitrogens with two attached hydrogens (primary N) is 1. The van der Waals surface area contributed by atoms with Crippen LogP contribution in [0.3, 0.4) is 0 Å². The van der Waals surface area contributed by atoms with E-state index >= 15 is 0 Å². The molecule has 9 nitrogen and oxygen atoms in total. The molecule has 0 spiro atoms. The van der Waals surface area contributed by atoms with Crippen LogP contribution in [-0.4, -0.2) is 55.1 Å². The van der Waals surface area contributed by atoms with Gasteiger partial charge in [0.15, 0.2) is 0 Å². The van der Waals surface area contributed by atoms with Gasteiger partial charge in [0.25, 0.3) is 11.8 Å². The zero-order chi connectivity index (χ0) is 16.7. The molecule has 0 unspecified atom stereocenters. The fourth-order valence-corrected chi connectivity index (χ4v) is 2.86. The fourth-order valence-electron chi connectivity index (χ4n) is 2.03. The van der Waals surface area contributed by atoms with E-state index in [2.05, 4.69) is 26.3 Å². The molecule has 1 aliphatic rings. The third kappa shape index (κ3) is 5.58. The van der Waals surface area contributed by atoms with Gasteiger partial charge in [-0.05, 0) is 6.42 Å². The summed E-state index contributed by atoms with van der Waals surface area (Å²) in [4.78, 5) is 38.3. The van der Waals surface area contributed by atoms with Crippen LogP contribution >= 0.6 is 11.3 Å². The van der Waals surface area contributed by atoms with Crippen molar-refractivity contribution < 1.29 is 14.4 Å².